The van der Waals surface area contributed by atoms with Crippen LogP contribution in [-0.2, 0) is 37.1 Å². The number of thiazole rings is 1. The van der Waals surface area contributed by atoms with Crippen molar-refractivity contribution in [3.05, 3.63) is 88.1 Å². The number of hydrogen-bond acceptors (Lipinski definition) is 12. The first kappa shape index (κ1) is 34.1. The number of carbonyl (C=O) groups excluding carboxylic acids is 4. The van der Waals surface area contributed by atoms with Gasteiger partial charge in [-0.2, -0.15) is 4.57 Å². The average Bonchev–Trinajstić information content (AvgIpc) is 3.66. The monoisotopic (exact) mass is 723 g/mol. The number of aromatic nitrogens is 2. The van der Waals surface area contributed by atoms with Crippen molar-refractivity contribution >= 4 is 69.2 Å². The molecule has 2 atom stereocenters. The van der Waals surface area contributed by atoms with Crippen LogP contribution in [0.3, 0.4) is 0 Å². The highest BCUT2D eigenvalue weighted by atomic mass is 32.2. The van der Waals surface area contributed by atoms with Gasteiger partial charge in [0.05, 0.1) is 0 Å². The molecular weight excluding hydrogens is 696 g/mol. The lowest BCUT2D eigenvalue weighted by Crippen LogP contribution is -2.71. The minimum Gasteiger partial charge on any atom is -0.505 e. The highest BCUT2D eigenvalue weighted by molar-refractivity contribution is 8.00. The van der Waals surface area contributed by atoms with Gasteiger partial charge in [-0.15, -0.1) is 23.1 Å². The molecule has 3 aliphatic heterocycles. The molecule has 7 N–H and O–H groups in total. The number of thioether (sulfide) groups is 1. The minimum absolute atomic E-state index is 0.0190. The molecule has 19 heteroatoms. The van der Waals surface area contributed by atoms with E-state index in [0.29, 0.717) is 18.5 Å². The third-order valence-electron chi connectivity index (χ3n) is 8.02. The van der Waals surface area contributed by atoms with Gasteiger partial charge in [0, 0.05) is 53.7 Å². The third-order valence-corrected chi connectivity index (χ3v) is 10.00. The number of hydrogen-bond donors (Lipinski definition) is 6. The number of anilines is 2. The van der Waals surface area contributed by atoms with E-state index in [4.69, 9.17) is 5.73 Å². The minimum atomic E-state index is -1.36. The number of amides is 4. The number of phenolic OH excluding ortho intramolecular Hbond substituents is 1. The molecule has 1 aromatic carbocycles. The van der Waals surface area contributed by atoms with Crippen molar-refractivity contribution in [3.8, 4) is 5.75 Å². The van der Waals surface area contributed by atoms with Crippen molar-refractivity contribution in [1.29, 1.82) is 0 Å². The molecule has 3 aromatic rings. The number of nitrogens with zero attached hydrogens (tertiary/aromatic N) is 5. The number of aliphatic carboxylic acids is 1. The summed E-state index contributed by atoms with van der Waals surface area (Å²) >= 11 is 2.24. The van der Waals surface area contributed by atoms with Crippen LogP contribution in [0.2, 0.25) is 0 Å². The number of β-lactam (4-membered cyclic amide) rings is 1. The molecule has 50 heavy (non-hydrogen) atoms. The number of aromatic hydroxyl groups is 1. The molecular formula is C31H28FN8O8S2+. The first-order valence-electron chi connectivity index (χ1n) is 14.8. The summed E-state index contributed by atoms with van der Waals surface area (Å²) in [4.78, 5) is 70.5. The number of carbonyl (C=O) groups is 5. The fraction of sp³-hybridized carbons (Fsp3) is 0.226. The number of carboxylic acid groups (broad SMARTS) is 1. The number of nitrogens with one attached hydrogen (secondary N) is 2. The lowest BCUT2D eigenvalue weighted by molar-refractivity contribution is -0.684. The van der Waals surface area contributed by atoms with Gasteiger partial charge < -0.3 is 36.7 Å². The molecule has 4 amide bonds. The van der Waals surface area contributed by atoms with Crippen LogP contribution in [0.1, 0.15) is 17.7 Å². The van der Waals surface area contributed by atoms with Crippen LogP contribution >= 0.6 is 23.1 Å². The number of phenols is 1. The summed E-state index contributed by atoms with van der Waals surface area (Å²) < 4.78 is 15.2. The molecule has 6 rings (SSSR count). The maximum absolute atomic E-state index is 13.5. The number of fused-ring (bicyclic) bond motifs is 1. The summed E-state index contributed by atoms with van der Waals surface area (Å²) in [6.07, 6.45) is 5.19. The van der Waals surface area contributed by atoms with E-state index in [9.17, 15) is 43.8 Å². The van der Waals surface area contributed by atoms with Crippen LogP contribution < -0.4 is 20.9 Å². The number of oxime groups is 1. The number of likely N-dealkylation sites (tertiary alicyclic amines) is 1. The van der Waals surface area contributed by atoms with E-state index < -0.39 is 52.4 Å². The van der Waals surface area contributed by atoms with E-state index >= 15 is 0 Å². The van der Waals surface area contributed by atoms with Crippen LogP contribution in [0.4, 0.5) is 15.2 Å². The predicted molar refractivity (Wildman–Crippen MR) is 176 cm³/mol. The van der Waals surface area contributed by atoms with Gasteiger partial charge in [-0.1, -0.05) is 5.16 Å². The number of nitrogen functional groups attached to an aromatic ring is 1. The number of pyridine rings is 1. The van der Waals surface area contributed by atoms with Gasteiger partial charge in [0.15, 0.2) is 34.8 Å². The van der Waals surface area contributed by atoms with E-state index in [1.165, 1.54) is 29.3 Å². The Morgan fingerprint density at radius 1 is 1.20 bits per heavy atom. The summed E-state index contributed by atoms with van der Waals surface area (Å²) in [6.45, 7) is 0.577. The van der Waals surface area contributed by atoms with Crippen molar-refractivity contribution in [2.45, 2.75) is 30.9 Å². The highest BCUT2D eigenvalue weighted by Gasteiger charge is 2.54. The third kappa shape index (κ3) is 6.85. The van der Waals surface area contributed by atoms with E-state index in [1.54, 1.807) is 34.0 Å². The Hall–Kier alpha value is -5.82. The zero-order valence-electron chi connectivity index (χ0n) is 25.8. The number of nitrogens with two attached hydrogens (primary N) is 1. The fourth-order valence-corrected chi connectivity index (χ4v) is 7.46. The lowest BCUT2D eigenvalue weighted by Gasteiger charge is -2.49. The summed E-state index contributed by atoms with van der Waals surface area (Å²) in [5.41, 5.74) is 6.53. The molecule has 0 spiro atoms. The van der Waals surface area contributed by atoms with Crippen LogP contribution in [0.25, 0.3) is 0 Å². The Balaban J connectivity index is 1.07. The largest absolute Gasteiger partial charge is 0.505 e. The van der Waals surface area contributed by atoms with E-state index in [1.807, 2.05) is 0 Å². The van der Waals surface area contributed by atoms with Gasteiger partial charge in [-0.25, -0.2) is 14.2 Å². The van der Waals surface area contributed by atoms with Gasteiger partial charge in [-0.05, 0) is 35.8 Å². The fourth-order valence-electron chi connectivity index (χ4n) is 5.61. The van der Waals surface area contributed by atoms with Gasteiger partial charge >= 0.3 is 5.97 Å². The Bertz CT molecular complexity index is 2010. The molecule has 16 nitrogen and oxygen atoms in total. The molecule has 5 heterocycles. The second kappa shape index (κ2) is 14.0. The Labute approximate surface area is 290 Å². The quantitative estimate of drug-likeness (QED) is 0.0325. The number of allylic oxidation sites excluding steroid dienone is 1. The molecule has 2 fully saturated rings. The number of benzene rings is 1. The van der Waals surface area contributed by atoms with Gasteiger partial charge in [0.1, 0.15) is 22.8 Å². The molecule has 0 aliphatic carbocycles. The number of rotatable bonds is 10. The molecule has 0 unspecified atom stereocenters. The van der Waals surface area contributed by atoms with Crippen LogP contribution in [0.5, 0.6) is 5.75 Å². The summed E-state index contributed by atoms with van der Waals surface area (Å²) in [5.74, 6) is -4.85. The number of halogens is 1. The van der Waals surface area contributed by atoms with Crippen molar-refractivity contribution < 1.29 is 48.4 Å². The zero-order chi connectivity index (χ0) is 35.7. The highest BCUT2D eigenvalue weighted by Crippen LogP contribution is 2.41. The standard InChI is InChI=1S/C31H27FN8O8S2/c32-19-10-18(1-2-21(19)41)34-22(42)12-38-6-3-15(4-7-38)11-39-8-5-16(27(39)44)9-17-13-49-29-24(28(45)40(29)25(17)30(46)47)36-26(43)23(37-48)20-14-50-31(33)35-20/h1-4,6-7,9-10,14,24,29H,5,8,11-13H2,(H6-,33,34,35,36,37,41,42,43,46,47,48)/p+1/t24-,29-/m1/s1. The molecule has 0 bridgehead atoms. The molecule has 3 aliphatic rings. The summed E-state index contributed by atoms with van der Waals surface area (Å²) in [7, 11) is 0. The smallest absolute Gasteiger partial charge is 0.352 e. The second-order valence-corrected chi connectivity index (χ2v) is 13.3. The molecule has 0 radical (unpaired) electrons. The molecule has 0 saturated carbocycles. The maximum atomic E-state index is 13.5. The summed E-state index contributed by atoms with van der Waals surface area (Å²) in [5, 5.41) is 37.6. The van der Waals surface area contributed by atoms with Gasteiger partial charge in [-0.3, -0.25) is 24.1 Å². The normalized spacial score (nSPS) is 19.8. The van der Waals surface area contributed by atoms with E-state index in [0.717, 1.165) is 33.9 Å². The van der Waals surface area contributed by atoms with Crippen molar-refractivity contribution in [1.82, 2.24) is 20.1 Å². The molecule has 2 saturated heterocycles. The van der Waals surface area contributed by atoms with Crippen LogP contribution in [-0.4, -0.2) is 89.2 Å². The van der Waals surface area contributed by atoms with Crippen LogP contribution in [0.15, 0.2) is 76.2 Å². The second-order valence-electron chi connectivity index (χ2n) is 11.3. The molecule has 2 aromatic heterocycles. The van der Waals surface area contributed by atoms with Gasteiger partial charge in [0.25, 0.3) is 17.7 Å². The van der Waals surface area contributed by atoms with Crippen molar-refractivity contribution in [3.63, 3.8) is 0 Å². The van der Waals surface area contributed by atoms with Crippen LogP contribution in [0, 0.1) is 5.82 Å². The lowest BCUT2D eigenvalue weighted by atomic mass is 10.0. The predicted octanol–water partition coefficient (Wildman–Crippen LogP) is 0.772. The Morgan fingerprint density at radius 2 is 1.96 bits per heavy atom. The molecule has 258 valence electrons. The van der Waals surface area contributed by atoms with E-state index in [2.05, 4.69) is 20.8 Å². The number of carboxylic acids is 1. The topological polar surface area (TPSA) is 232 Å². The zero-order valence-corrected chi connectivity index (χ0v) is 27.4. The summed E-state index contributed by atoms with van der Waals surface area (Å²) in [6, 6.07) is 5.93. The van der Waals surface area contributed by atoms with Crippen molar-refractivity contribution in [2.75, 3.05) is 23.3 Å². The Morgan fingerprint density at radius 3 is 2.62 bits per heavy atom. The van der Waals surface area contributed by atoms with Crippen molar-refractivity contribution in [2.24, 2.45) is 5.16 Å². The van der Waals surface area contributed by atoms with Gasteiger partial charge in [0.2, 0.25) is 12.5 Å². The average molecular weight is 724 g/mol. The first-order valence-corrected chi connectivity index (χ1v) is 16.8. The first-order chi connectivity index (χ1) is 23.9. The van der Waals surface area contributed by atoms with E-state index in [-0.39, 0.29) is 52.5 Å². The Kier molecular flexibility index (Phi) is 9.51. The SMILES string of the molecule is Nc1nc(C(=NO)C(=O)N[C@@H]2C(=O)N3C(C(=O)O)=C(C=C4CCN(Cc5cc[n+](CC(=O)Nc6ccc(O)c(F)c6)cc5)C4=O)CS[C@H]23)cs1. The maximum Gasteiger partial charge on any atom is 0.352 e.